The van der Waals surface area contributed by atoms with E-state index in [1.165, 1.54) is 0 Å². The van der Waals surface area contributed by atoms with Gasteiger partial charge in [0.05, 0.1) is 6.10 Å². The highest BCUT2D eigenvalue weighted by atomic mass is 16.3. The molecule has 0 aliphatic heterocycles. The van der Waals surface area contributed by atoms with Crippen LogP contribution in [-0.2, 0) is 0 Å². The molecule has 2 aromatic rings. The number of aromatic nitrogens is 2. The van der Waals surface area contributed by atoms with Gasteiger partial charge in [-0.25, -0.2) is 4.98 Å². The van der Waals surface area contributed by atoms with Gasteiger partial charge in [0.25, 0.3) is 5.91 Å². The Morgan fingerprint density at radius 1 is 1.37 bits per heavy atom. The van der Waals surface area contributed by atoms with Gasteiger partial charge in [-0.2, -0.15) is 0 Å². The van der Waals surface area contributed by atoms with Gasteiger partial charge in [0, 0.05) is 30.2 Å². The molecule has 0 aliphatic rings. The summed E-state index contributed by atoms with van der Waals surface area (Å²) in [4.78, 5) is 19.9. The van der Waals surface area contributed by atoms with E-state index in [2.05, 4.69) is 15.3 Å². The van der Waals surface area contributed by atoms with E-state index in [-0.39, 0.29) is 12.5 Å². The predicted molar refractivity (Wildman–Crippen MR) is 70.5 cm³/mol. The lowest BCUT2D eigenvalue weighted by molar-refractivity contribution is 0.0911. The molecule has 0 spiro atoms. The number of hydrogen-bond donors (Lipinski definition) is 2. The van der Waals surface area contributed by atoms with E-state index in [9.17, 15) is 9.90 Å². The highest BCUT2D eigenvalue weighted by Crippen LogP contribution is 2.09. The molecule has 2 heterocycles. The fraction of sp³-hybridized carbons (Fsp3) is 0.214. The van der Waals surface area contributed by atoms with Crippen molar-refractivity contribution in [2.24, 2.45) is 0 Å². The van der Waals surface area contributed by atoms with Crippen LogP contribution >= 0.6 is 0 Å². The van der Waals surface area contributed by atoms with E-state index in [1.807, 2.05) is 13.0 Å². The normalized spacial score (nSPS) is 11.9. The molecular weight excluding hydrogens is 242 g/mol. The molecule has 2 N–H and O–H groups in total. The fourth-order valence-electron chi connectivity index (χ4n) is 1.64. The number of hydrogen-bond acceptors (Lipinski definition) is 4. The van der Waals surface area contributed by atoms with Gasteiger partial charge in [-0.15, -0.1) is 0 Å². The zero-order valence-corrected chi connectivity index (χ0v) is 10.6. The SMILES string of the molecule is Cc1cccc(C(=O)NC[C@@H](O)c2cccnc2)n1. The lowest BCUT2D eigenvalue weighted by atomic mass is 10.1. The number of aliphatic hydroxyl groups is 1. The second kappa shape index (κ2) is 6.06. The van der Waals surface area contributed by atoms with Gasteiger partial charge in [-0.3, -0.25) is 9.78 Å². The van der Waals surface area contributed by atoms with Crippen LogP contribution in [0.2, 0.25) is 0 Å². The zero-order valence-electron chi connectivity index (χ0n) is 10.6. The maximum Gasteiger partial charge on any atom is 0.269 e. The van der Waals surface area contributed by atoms with Gasteiger partial charge in [0.1, 0.15) is 5.69 Å². The van der Waals surface area contributed by atoms with Crippen molar-refractivity contribution in [3.8, 4) is 0 Å². The molecular formula is C14H15N3O2. The Hall–Kier alpha value is -2.27. The molecule has 0 fully saturated rings. The van der Waals surface area contributed by atoms with E-state index in [1.54, 1.807) is 36.7 Å². The third kappa shape index (κ3) is 3.59. The summed E-state index contributed by atoms with van der Waals surface area (Å²) in [5, 5.41) is 12.5. The molecule has 19 heavy (non-hydrogen) atoms. The second-order valence-electron chi connectivity index (χ2n) is 4.18. The average molecular weight is 257 g/mol. The Balaban J connectivity index is 1.94. The van der Waals surface area contributed by atoms with Crippen molar-refractivity contribution < 1.29 is 9.90 Å². The summed E-state index contributed by atoms with van der Waals surface area (Å²) in [6.07, 6.45) is 2.43. The van der Waals surface area contributed by atoms with Crippen molar-refractivity contribution >= 4 is 5.91 Å². The number of pyridine rings is 2. The molecule has 0 saturated heterocycles. The van der Waals surface area contributed by atoms with Gasteiger partial charge in [0.2, 0.25) is 0 Å². The smallest absolute Gasteiger partial charge is 0.269 e. The fourth-order valence-corrected chi connectivity index (χ4v) is 1.64. The van der Waals surface area contributed by atoms with E-state index in [0.29, 0.717) is 11.3 Å². The minimum atomic E-state index is -0.776. The van der Waals surface area contributed by atoms with Crippen molar-refractivity contribution in [3.63, 3.8) is 0 Å². The number of rotatable bonds is 4. The van der Waals surface area contributed by atoms with E-state index < -0.39 is 6.10 Å². The van der Waals surface area contributed by atoms with Gasteiger partial charge < -0.3 is 10.4 Å². The third-order valence-corrected chi connectivity index (χ3v) is 2.65. The van der Waals surface area contributed by atoms with Crippen molar-refractivity contribution in [1.29, 1.82) is 0 Å². The van der Waals surface area contributed by atoms with Crippen LogP contribution in [0, 0.1) is 6.92 Å². The summed E-state index contributed by atoms with van der Waals surface area (Å²) >= 11 is 0. The number of nitrogens with one attached hydrogen (secondary N) is 1. The third-order valence-electron chi connectivity index (χ3n) is 2.65. The lowest BCUT2D eigenvalue weighted by Crippen LogP contribution is -2.29. The molecule has 5 nitrogen and oxygen atoms in total. The topological polar surface area (TPSA) is 75.1 Å². The maximum atomic E-state index is 11.8. The van der Waals surface area contributed by atoms with Crippen LogP contribution in [0.1, 0.15) is 27.8 Å². The van der Waals surface area contributed by atoms with Crippen LogP contribution < -0.4 is 5.32 Å². The maximum absolute atomic E-state index is 11.8. The number of aliphatic hydroxyl groups excluding tert-OH is 1. The van der Waals surface area contributed by atoms with E-state index in [0.717, 1.165) is 5.69 Å². The first-order valence-electron chi connectivity index (χ1n) is 5.96. The van der Waals surface area contributed by atoms with E-state index in [4.69, 9.17) is 0 Å². The monoisotopic (exact) mass is 257 g/mol. The van der Waals surface area contributed by atoms with Crippen LogP contribution in [0.15, 0.2) is 42.7 Å². The highest BCUT2D eigenvalue weighted by Gasteiger charge is 2.11. The Kier molecular flexibility index (Phi) is 4.20. The largest absolute Gasteiger partial charge is 0.387 e. The standard InChI is InChI=1S/C14H15N3O2/c1-10-4-2-6-12(17-10)14(19)16-9-13(18)11-5-3-7-15-8-11/h2-8,13,18H,9H2,1H3,(H,16,19)/t13-/m1/s1. The van der Waals surface area contributed by atoms with Gasteiger partial charge in [-0.1, -0.05) is 12.1 Å². The summed E-state index contributed by atoms with van der Waals surface area (Å²) in [6.45, 7) is 1.95. The first kappa shape index (κ1) is 13.2. The Bertz CT molecular complexity index is 558. The van der Waals surface area contributed by atoms with Crippen LogP contribution in [0.5, 0.6) is 0 Å². The minimum Gasteiger partial charge on any atom is -0.387 e. The first-order chi connectivity index (χ1) is 9.16. The Morgan fingerprint density at radius 3 is 2.89 bits per heavy atom. The molecule has 1 amide bonds. The number of amides is 1. The first-order valence-corrected chi connectivity index (χ1v) is 5.96. The van der Waals surface area contributed by atoms with Crippen LogP contribution in [0.25, 0.3) is 0 Å². The van der Waals surface area contributed by atoms with Crippen molar-refractivity contribution in [3.05, 3.63) is 59.7 Å². The predicted octanol–water partition coefficient (Wildman–Crippen LogP) is 1.25. The molecule has 0 radical (unpaired) electrons. The molecule has 2 aromatic heterocycles. The lowest BCUT2D eigenvalue weighted by Gasteiger charge is -2.11. The number of nitrogens with zero attached hydrogens (tertiary/aromatic N) is 2. The van der Waals surface area contributed by atoms with Crippen LogP contribution in [-0.4, -0.2) is 27.5 Å². The number of carbonyl (C=O) groups excluding carboxylic acids is 1. The van der Waals surface area contributed by atoms with Crippen molar-refractivity contribution in [2.75, 3.05) is 6.54 Å². The summed E-state index contributed by atoms with van der Waals surface area (Å²) in [7, 11) is 0. The summed E-state index contributed by atoms with van der Waals surface area (Å²) in [5.74, 6) is -0.299. The van der Waals surface area contributed by atoms with Crippen LogP contribution in [0.4, 0.5) is 0 Å². The van der Waals surface area contributed by atoms with Gasteiger partial charge in [-0.05, 0) is 25.1 Å². The Morgan fingerprint density at radius 2 is 2.21 bits per heavy atom. The van der Waals surface area contributed by atoms with Crippen LogP contribution in [0.3, 0.4) is 0 Å². The molecule has 0 aromatic carbocycles. The summed E-state index contributed by atoms with van der Waals surface area (Å²) in [5.41, 5.74) is 1.79. The second-order valence-corrected chi connectivity index (χ2v) is 4.18. The van der Waals surface area contributed by atoms with Crippen molar-refractivity contribution in [2.45, 2.75) is 13.0 Å². The molecule has 0 aliphatic carbocycles. The minimum absolute atomic E-state index is 0.125. The quantitative estimate of drug-likeness (QED) is 0.864. The number of carbonyl (C=O) groups is 1. The van der Waals surface area contributed by atoms with Crippen molar-refractivity contribution in [1.82, 2.24) is 15.3 Å². The summed E-state index contributed by atoms with van der Waals surface area (Å²) in [6, 6.07) is 8.73. The summed E-state index contributed by atoms with van der Waals surface area (Å²) < 4.78 is 0. The highest BCUT2D eigenvalue weighted by molar-refractivity contribution is 5.92. The molecule has 1 atom stereocenters. The van der Waals surface area contributed by atoms with Gasteiger partial charge in [0.15, 0.2) is 0 Å². The molecule has 0 unspecified atom stereocenters. The molecule has 0 saturated carbocycles. The Labute approximate surface area is 111 Å². The molecule has 2 rings (SSSR count). The zero-order chi connectivity index (χ0) is 13.7. The van der Waals surface area contributed by atoms with Gasteiger partial charge >= 0.3 is 0 Å². The number of aryl methyl sites for hydroxylation is 1. The van der Waals surface area contributed by atoms with E-state index >= 15 is 0 Å². The molecule has 5 heteroatoms. The average Bonchev–Trinajstić information content (AvgIpc) is 2.45. The molecule has 0 bridgehead atoms. The molecule has 98 valence electrons.